The maximum Gasteiger partial charge on any atom is 0.0974 e. The quantitative estimate of drug-likeness (QED) is 0.326. The van der Waals surface area contributed by atoms with Crippen LogP contribution < -0.4 is 0 Å². The summed E-state index contributed by atoms with van der Waals surface area (Å²) in [5.74, 6) is 1.23. The molecule has 5 fully saturated rings. The van der Waals surface area contributed by atoms with Crippen molar-refractivity contribution in [1.29, 1.82) is 0 Å². The molecule has 0 N–H and O–H groups in total. The predicted octanol–water partition coefficient (Wildman–Crippen LogP) is 6.96. The molecule has 2 spiro atoms. The van der Waals surface area contributed by atoms with Crippen LogP contribution in [0, 0.1) is 17.3 Å². The van der Waals surface area contributed by atoms with Crippen LogP contribution in [0.5, 0.6) is 0 Å². The Hall–Kier alpha value is -1.45. The lowest BCUT2D eigenvalue weighted by atomic mass is 9.58. The van der Waals surface area contributed by atoms with E-state index in [2.05, 4.69) is 48.5 Å². The van der Waals surface area contributed by atoms with Crippen molar-refractivity contribution < 1.29 is 4.74 Å². The fourth-order valence-electron chi connectivity index (χ4n) is 10.5. The highest BCUT2D eigenvalue weighted by Crippen LogP contribution is 2.68. The first-order valence-corrected chi connectivity index (χ1v) is 14.6. The van der Waals surface area contributed by atoms with Gasteiger partial charge in [-0.2, -0.15) is 0 Å². The number of aliphatic imine (C=N–C) groups is 1. The Kier molecular flexibility index (Phi) is 5.05. The number of nitrogens with zero attached hydrogens (tertiary/aromatic N) is 2. The summed E-state index contributed by atoms with van der Waals surface area (Å²) in [6, 6.07) is 2.49. The highest BCUT2D eigenvalue weighted by atomic mass is 16.5. The van der Waals surface area contributed by atoms with Crippen LogP contribution in [-0.2, 0) is 4.74 Å². The van der Waals surface area contributed by atoms with Crippen molar-refractivity contribution in [1.82, 2.24) is 4.90 Å². The molecule has 4 bridgehead atoms. The van der Waals surface area contributed by atoms with Crippen molar-refractivity contribution in [3.05, 3.63) is 47.1 Å². The van der Waals surface area contributed by atoms with E-state index in [4.69, 9.17) is 4.74 Å². The van der Waals surface area contributed by atoms with E-state index in [0.29, 0.717) is 11.8 Å². The van der Waals surface area contributed by atoms with Gasteiger partial charge in [-0.25, -0.2) is 0 Å². The first-order chi connectivity index (χ1) is 16.9. The molecule has 7 rings (SSSR count). The molecule has 3 saturated heterocycles. The van der Waals surface area contributed by atoms with Crippen molar-refractivity contribution in [2.45, 2.75) is 120 Å². The minimum Gasteiger partial charge on any atom is -0.359 e. The minimum atomic E-state index is -0.0424. The number of fused-ring (bicyclic) bond motifs is 3. The average Bonchev–Trinajstić information content (AvgIpc) is 3.59. The van der Waals surface area contributed by atoms with E-state index in [1.54, 1.807) is 11.1 Å². The third kappa shape index (κ3) is 3.07. The summed E-state index contributed by atoms with van der Waals surface area (Å²) in [6.45, 7) is 9.11. The second kappa shape index (κ2) is 7.78. The number of allylic oxidation sites excluding steroid dienone is 4. The topological polar surface area (TPSA) is 24.8 Å². The summed E-state index contributed by atoms with van der Waals surface area (Å²) >= 11 is 0. The van der Waals surface area contributed by atoms with Crippen LogP contribution >= 0.6 is 0 Å². The Morgan fingerprint density at radius 2 is 1.86 bits per heavy atom. The Morgan fingerprint density at radius 1 is 1.09 bits per heavy atom. The molecule has 6 atom stereocenters. The molecule has 4 heterocycles. The van der Waals surface area contributed by atoms with Gasteiger partial charge in [-0.05, 0) is 118 Å². The van der Waals surface area contributed by atoms with Crippen LogP contribution in [0.4, 0.5) is 0 Å². The van der Waals surface area contributed by atoms with E-state index < -0.39 is 0 Å². The first kappa shape index (κ1) is 22.7. The van der Waals surface area contributed by atoms with Crippen LogP contribution in [0.2, 0.25) is 0 Å². The van der Waals surface area contributed by atoms with Gasteiger partial charge in [0.1, 0.15) is 0 Å². The first-order valence-electron chi connectivity index (χ1n) is 14.6. The lowest BCUT2D eigenvalue weighted by Gasteiger charge is -2.55. The largest absolute Gasteiger partial charge is 0.359 e. The molecule has 3 nitrogen and oxygen atoms in total. The number of ether oxygens (including phenoxy) is 1. The summed E-state index contributed by atoms with van der Waals surface area (Å²) in [5.41, 5.74) is 5.95. The van der Waals surface area contributed by atoms with E-state index in [1.807, 2.05) is 13.3 Å². The lowest BCUT2D eigenvalue weighted by molar-refractivity contribution is -0.142. The normalized spacial score (nSPS) is 48.5. The SMILES string of the molecule is C=C(/C=N\C)/C=C(\C)C1CC[C@@H]2C1(C)CC=C1C=C3CCC(N4C5CCC4CC5)C[C@]34CC[C@@]12O4. The lowest BCUT2D eigenvalue weighted by Crippen LogP contribution is -2.56. The molecule has 3 unspecified atom stereocenters. The van der Waals surface area contributed by atoms with Gasteiger partial charge in [0.05, 0.1) is 11.2 Å². The van der Waals surface area contributed by atoms with Gasteiger partial charge in [0.2, 0.25) is 0 Å². The summed E-state index contributed by atoms with van der Waals surface area (Å²) in [5, 5.41) is 0. The average molecular weight is 473 g/mol. The van der Waals surface area contributed by atoms with E-state index >= 15 is 0 Å². The Labute approximate surface area is 212 Å². The van der Waals surface area contributed by atoms with Gasteiger partial charge in [-0.15, -0.1) is 0 Å². The summed E-state index contributed by atoms with van der Waals surface area (Å²) < 4.78 is 7.57. The van der Waals surface area contributed by atoms with Gasteiger partial charge < -0.3 is 4.74 Å². The molecule has 0 aromatic rings. The van der Waals surface area contributed by atoms with Crippen LogP contribution in [-0.4, -0.2) is 47.5 Å². The molecule has 0 radical (unpaired) electrons. The zero-order valence-corrected chi connectivity index (χ0v) is 22.2. The van der Waals surface area contributed by atoms with Crippen LogP contribution in [0.1, 0.15) is 90.9 Å². The molecule has 0 aromatic carbocycles. The fourth-order valence-corrected chi connectivity index (χ4v) is 10.5. The van der Waals surface area contributed by atoms with Gasteiger partial charge >= 0.3 is 0 Å². The fraction of sp³-hybridized carbons (Fsp3) is 0.719. The Morgan fingerprint density at radius 3 is 2.60 bits per heavy atom. The van der Waals surface area contributed by atoms with Crippen molar-refractivity contribution >= 4 is 6.21 Å². The third-order valence-electron chi connectivity index (χ3n) is 11.8. The highest BCUT2D eigenvalue weighted by Gasteiger charge is 2.67. The van der Waals surface area contributed by atoms with Crippen molar-refractivity contribution in [3.8, 4) is 0 Å². The smallest absolute Gasteiger partial charge is 0.0974 e. The van der Waals surface area contributed by atoms with Crippen LogP contribution in [0.15, 0.2) is 52.1 Å². The summed E-state index contributed by atoms with van der Waals surface area (Å²) in [6.07, 6.45) is 25.3. The molecule has 3 aliphatic carbocycles. The second-order valence-electron chi connectivity index (χ2n) is 13.4. The third-order valence-corrected chi connectivity index (χ3v) is 11.8. The van der Waals surface area contributed by atoms with Gasteiger partial charge in [0.15, 0.2) is 0 Å². The highest BCUT2D eigenvalue weighted by molar-refractivity contribution is 5.81. The van der Waals surface area contributed by atoms with Gasteiger partial charge in [0.25, 0.3) is 0 Å². The summed E-state index contributed by atoms with van der Waals surface area (Å²) in [7, 11) is 1.83. The number of hydrogen-bond donors (Lipinski definition) is 0. The van der Waals surface area contributed by atoms with E-state index in [1.165, 1.54) is 82.6 Å². The molecule has 0 aromatic heterocycles. The van der Waals surface area contributed by atoms with E-state index in [-0.39, 0.29) is 16.6 Å². The minimum absolute atomic E-state index is 0.0232. The molecule has 35 heavy (non-hydrogen) atoms. The molecule has 0 amide bonds. The Balaban J connectivity index is 1.19. The van der Waals surface area contributed by atoms with Gasteiger partial charge in [0, 0.05) is 31.4 Å². The molecule has 188 valence electrons. The molecule has 7 aliphatic rings. The molecule has 4 aliphatic heterocycles. The van der Waals surface area contributed by atoms with Crippen LogP contribution in [0.25, 0.3) is 0 Å². The zero-order valence-electron chi connectivity index (χ0n) is 22.2. The number of rotatable bonds is 4. The number of hydrogen-bond acceptors (Lipinski definition) is 3. The van der Waals surface area contributed by atoms with Crippen LogP contribution in [0.3, 0.4) is 0 Å². The molecule has 2 saturated carbocycles. The molecule has 3 heteroatoms. The van der Waals surface area contributed by atoms with Crippen molar-refractivity contribution in [3.63, 3.8) is 0 Å². The van der Waals surface area contributed by atoms with Crippen molar-refractivity contribution in [2.24, 2.45) is 22.2 Å². The zero-order chi connectivity index (χ0) is 24.0. The van der Waals surface area contributed by atoms with Gasteiger partial charge in [-0.1, -0.05) is 37.3 Å². The molecular formula is C32H44N2O. The van der Waals surface area contributed by atoms with E-state index in [9.17, 15) is 0 Å². The molecular weight excluding hydrogens is 428 g/mol. The van der Waals surface area contributed by atoms with Gasteiger partial charge in [-0.3, -0.25) is 9.89 Å². The monoisotopic (exact) mass is 472 g/mol. The standard InChI is InChI=1S/C32H44N2O/c1-21(20-33-4)17-22(2)28-11-12-29-30(28,3)14-13-24-18-23-5-6-27(34-25-7-8-26(34)10-9-25)19-31(23)15-16-32(24,29)35-31/h13,17-18,20,25-29H,1,5-12,14-16,19H2,2-4H3/b22-17+,33-20-/t25?,26?,27?,28?,29-,30?,31-,32-/m1/s1. The second-order valence-corrected chi connectivity index (χ2v) is 13.4. The maximum atomic E-state index is 7.57. The summed E-state index contributed by atoms with van der Waals surface area (Å²) in [4.78, 5) is 7.15. The predicted molar refractivity (Wildman–Crippen MR) is 144 cm³/mol. The maximum absolute atomic E-state index is 7.57. The van der Waals surface area contributed by atoms with Crippen molar-refractivity contribution in [2.75, 3.05) is 7.05 Å². The van der Waals surface area contributed by atoms with E-state index in [0.717, 1.165) is 23.7 Å². The Bertz CT molecular complexity index is 1050.